The zero-order valence-corrected chi connectivity index (χ0v) is 17.8. The summed E-state index contributed by atoms with van der Waals surface area (Å²) in [5, 5.41) is 2.98. The number of rotatable bonds is 4. The predicted molar refractivity (Wildman–Crippen MR) is 121 cm³/mol. The smallest absolute Gasteiger partial charge is 0.411 e. The monoisotopic (exact) mass is 414 g/mol. The number of amides is 2. The number of carbonyl (C=O) groups excluding carboxylic acids is 2. The summed E-state index contributed by atoms with van der Waals surface area (Å²) in [6, 6.07) is 22.6. The average molecular weight is 415 g/mol. The SMILES string of the molecule is Cc1ccc(NC(=O)[C@@H]2Cc3ccccc3CN2C(=O)OCc2ccccc2)cc1C. The molecule has 1 aliphatic rings. The second-order valence-electron chi connectivity index (χ2n) is 7.95. The third-order valence-electron chi connectivity index (χ3n) is 5.77. The lowest BCUT2D eigenvalue weighted by molar-refractivity contribution is -0.121. The number of nitrogens with one attached hydrogen (secondary N) is 1. The van der Waals surface area contributed by atoms with E-state index in [2.05, 4.69) is 5.32 Å². The summed E-state index contributed by atoms with van der Waals surface area (Å²) in [4.78, 5) is 27.7. The van der Waals surface area contributed by atoms with Gasteiger partial charge in [0, 0.05) is 12.1 Å². The first-order valence-electron chi connectivity index (χ1n) is 10.4. The number of benzene rings is 3. The van der Waals surface area contributed by atoms with Crippen LogP contribution in [-0.4, -0.2) is 22.9 Å². The summed E-state index contributed by atoms with van der Waals surface area (Å²) in [7, 11) is 0. The van der Waals surface area contributed by atoms with Crippen molar-refractivity contribution in [3.63, 3.8) is 0 Å². The first-order valence-corrected chi connectivity index (χ1v) is 10.4. The Hall–Kier alpha value is -3.60. The number of aryl methyl sites for hydroxylation is 2. The van der Waals surface area contributed by atoms with E-state index >= 15 is 0 Å². The molecule has 31 heavy (non-hydrogen) atoms. The van der Waals surface area contributed by atoms with Crippen molar-refractivity contribution in [3.05, 3.63) is 101 Å². The molecule has 0 spiro atoms. The number of nitrogens with zero attached hydrogens (tertiary/aromatic N) is 1. The van der Waals surface area contributed by atoms with Crippen molar-refractivity contribution in [3.8, 4) is 0 Å². The van der Waals surface area contributed by atoms with Gasteiger partial charge in [-0.2, -0.15) is 0 Å². The molecule has 0 radical (unpaired) electrons. The minimum absolute atomic E-state index is 0.170. The summed E-state index contributed by atoms with van der Waals surface area (Å²) in [5.41, 5.74) is 6.01. The van der Waals surface area contributed by atoms with Crippen LogP contribution in [-0.2, 0) is 29.1 Å². The van der Waals surface area contributed by atoms with Crippen molar-refractivity contribution >= 4 is 17.7 Å². The van der Waals surface area contributed by atoms with Crippen molar-refractivity contribution in [2.24, 2.45) is 0 Å². The lowest BCUT2D eigenvalue weighted by Gasteiger charge is -2.35. The van der Waals surface area contributed by atoms with Crippen LogP contribution in [0.2, 0.25) is 0 Å². The van der Waals surface area contributed by atoms with Crippen LogP contribution < -0.4 is 5.32 Å². The molecule has 1 atom stereocenters. The van der Waals surface area contributed by atoms with Crippen molar-refractivity contribution in [1.29, 1.82) is 0 Å². The maximum absolute atomic E-state index is 13.2. The Morgan fingerprint density at radius 1 is 0.935 bits per heavy atom. The number of anilines is 1. The van der Waals surface area contributed by atoms with E-state index in [4.69, 9.17) is 4.74 Å². The van der Waals surface area contributed by atoms with Gasteiger partial charge in [-0.25, -0.2) is 4.79 Å². The molecule has 2 amide bonds. The molecular formula is C26H26N2O3. The van der Waals surface area contributed by atoms with Gasteiger partial charge in [0.25, 0.3) is 0 Å². The van der Waals surface area contributed by atoms with Crippen LogP contribution in [0.1, 0.15) is 27.8 Å². The van der Waals surface area contributed by atoms with E-state index in [9.17, 15) is 9.59 Å². The molecule has 1 N–H and O–H groups in total. The second-order valence-corrected chi connectivity index (χ2v) is 7.95. The Kier molecular flexibility index (Phi) is 6.03. The number of hydrogen-bond donors (Lipinski definition) is 1. The minimum atomic E-state index is -0.639. The summed E-state index contributed by atoms with van der Waals surface area (Å²) in [6.07, 6.45) is -0.0357. The molecule has 0 bridgehead atoms. The van der Waals surface area contributed by atoms with Gasteiger partial charge in [-0.1, -0.05) is 60.7 Å². The van der Waals surface area contributed by atoms with E-state index in [1.807, 2.05) is 86.6 Å². The number of fused-ring (bicyclic) bond motifs is 1. The summed E-state index contributed by atoms with van der Waals surface area (Å²) in [5.74, 6) is -0.214. The Morgan fingerprint density at radius 3 is 2.39 bits per heavy atom. The van der Waals surface area contributed by atoms with Gasteiger partial charge in [0.2, 0.25) is 5.91 Å². The molecule has 5 heteroatoms. The van der Waals surface area contributed by atoms with Crippen LogP contribution in [0.15, 0.2) is 72.8 Å². The first kappa shape index (κ1) is 20.7. The fourth-order valence-corrected chi connectivity index (χ4v) is 3.80. The summed E-state index contributed by atoms with van der Waals surface area (Å²) in [6.45, 7) is 4.55. The maximum Gasteiger partial charge on any atom is 0.411 e. The van der Waals surface area contributed by atoms with Gasteiger partial charge in [-0.15, -0.1) is 0 Å². The lowest BCUT2D eigenvalue weighted by Crippen LogP contribution is -2.50. The van der Waals surface area contributed by atoms with Crippen LogP contribution in [0.3, 0.4) is 0 Å². The first-order chi connectivity index (χ1) is 15.0. The van der Waals surface area contributed by atoms with Crippen molar-refractivity contribution in [1.82, 2.24) is 4.90 Å². The molecule has 0 aromatic heterocycles. The highest BCUT2D eigenvalue weighted by Gasteiger charge is 2.35. The predicted octanol–water partition coefficient (Wildman–Crippen LogP) is 5.01. The maximum atomic E-state index is 13.2. The number of hydrogen-bond acceptors (Lipinski definition) is 3. The Bertz CT molecular complexity index is 1090. The molecule has 0 saturated carbocycles. The molecule has 3 aromatic rings. The topological polar surface area (TPSA) is 58.6 Å². The summed E-state index contributed by atoms with van der Waals surface area (Å²) >= 11 is 0. The molecule has 4 rings (SSSR count). The molecule has 0 aliphatic carbocycles. The number of carbonyl (C=O) groups is 2. The van der Waals surface area contributed by atoms with Gasteiger partial charge >= 0.3 is 6.09 Å². The fourth-order valence-electron chi connectivity index (χ4n) is 3.80. The van der Waals surface area contributed by atoms with Crippen molar-refractivity contribution < 1.29 is 14.3 Å². The van der Waals surface area contributed by atoms with Crippen LogP contribution in [0.4, 0.5) is 10.5 Å². The molecule has 0 unspecified atom stereocenters. The van der Waals surface area contributed by atoms with E-state index in [1.54, 1.807) is 0 Å². The Balaban J connectivity index is 1.54. The van der Waals surface area contributed by atoms with Gasteiger partial charge < -0.3 is 10.1 Å². The van der Waals surface area contributed by atoms with Crippen LogP contribution in [0.5, 0.6) is 0 Å². The molecule has 158 valence electrons. The molecule has 1 heterocycles. The average Bonchev–Trinajstić information content (AvgIpc) is 2.79. The largest absolute Gasteiger partial charge is 0.445 e. The fraction of sp³-hybridized carbons (Fsp3) is 0.231. The van der Waals surface area contributed by atoms with E-state index < -0.39 is 12.1 Å². The molecule has 5 nitrogen and oxygen atoms in total. The van der Waals surface area contributed by atoms with Crippen molar-refractivity contribution in [2.75, 3.05) is 5.32 Å². The quantitative estimate of drug-likeness (QED) is 0.653. The summed E-state index contributed by atoms with van der Waals surface area (Å²) < 4.78 is 5.56. The molecule has 1 aliphatic heterocycles. The van der Waals surface area contributed by atoms with Gasteiger partial charge in [0.15, 0.2) is 0 Å². The van der Waals surface area contributed by atoms with E-state index in [0.717, 1.165) is 33.5 Å². The van der Waals surface area contributed by atoms with Gasteiger partial charge in [-0.05, 0) is 53.8 Å². The van der Waals surface area contributed by atoms with Gasteiger partial charge in [0.05, 0.1) is 6.54 Å². The van der Waals surface area contributed by atoms with Gasteiger partial charge in [-0.3, -0.25) is 9.69 Å². The standard InChI is InChI=1S/C26H26N2O3/c1-18-12-13-23(14-19(18)2)27-25(29)24-15-21-10-6-7-11-22(21)16-28(24)26(30)31-17-20-8-4-3-5-9-20/h3-14,24H,15-17H2,1-2H3,(H,27,29)/t24-/m0/s1. The second kappa shape index (κ2) is 9.04. The molecular weight excluding hydrogens is 388 g/mol. The van der Waals surface area contributed by atoms with Crippen LogP contribution >= 0.6 is 0 Å². The Morgan fingerprint density at radius 2 is 1.65 bits per heavy atom. The Labute approximate surface area is 182 Å². The van der Waals surface area contributed by atoms with E-state index in [1.165, 1.54) is 4.90 Å². The normalized spacial score (nSPS) is 15.2. The van der Waals surface area contributed by atoms with Crippen molar-refractivity contribution in [2.45, 2.75) is 39.5 Å². The zero-order chi connectivity index (χ0) is 21.8. The third-order valence-corrected chi connectivity index (χ3v) is 5.77. The third kappa shape index (κ3) is 4.77. The van der Waals surface area contributed by atoms with Crippen LogP contribution in [0, 0.1) is 13.8 Å². The molecule has 3 aromatic carbocycles. The minimum Gasteiger partial charge on any atom is -0.445 e. The lowest BCUT2D eigenvalue weighted by atomic mass is 9.93. The van der Waals surface area contributed by atoms with E-state index in [0.29, 0.717) is 13.0 Å². The van der Waals surface area contributed by atoms with Gasteiger partial charge in [0.1, 0.15) is 12.6 Å². The van der Waals surface area contributed by atoms with E-state index in [-0.39, 0.29) is 12.5 Å². The van der Waals surface area contributed by atoms with Crippen LogP contribution in [0.25, 0.3) is 0 Å². The highest BCUT2D eigenvalue weighted by Crippen LogP contribution is 2.25. The highest BCUT2D eigenvalue weighted by atomic mass is 16.6. The molecule has 0 fully saturated rings. The molecule has 0 saturated heterocycles. The number of ether oxygens (including phenoxy) is 1. The highest BCUT2D eigenvalue weighted by molar-refractivity contribution is 5.97. The zero-order valence-electron chi connectivity index (χ0n) is 17.8.